The highest BCUT2D eigenvalue weighted by molar-refractivity contribution is 5.77. The number of amides is 1. The van der Waals surface area contributed by atoms with Gasteiger partial charge in [0, 0.05) is 27.3 Å². The fourth-order valence-electron chi connectivity index (χ4n) is 4.83. The molecule has 2 N–H and O–H groups in total. The smallest absolute Gasteiger partial charge is 0.411 e. The maximum Gasteiger partial charge on any atom is 0.411 e. The van der Waals surface area contributed by atoms with E-state index in [-0.39, 0.29) is 30.9 Å². The number of nitrogens with two attached hydrogens (primary N) is 1. The minimum Gasteiger partial charge on any atom is -0.467 e. The fourth-order valence-corrected chi connectivity index (χ4v) is 4.83. The summed E-state index contributed by atoms with van der Waals surface area (Å²) in [7, 11) is 1.08. The van der Waals surface area contributed by atoms with Crippen LogP contribution in [0.1, 0.15) is 45.7 Å². The van der Waals surface area contributed by atoms with Gasteiger partial charge >= 0.3 is 30.0 Å². The van der Waals surface area contributed by atoms with Gasteiger partial charge in [0.15, 0.2) is 18.3 Å². The Morgan fingerprint density at radius 3 is 2.08 bits per heavy atom. The highest BCUT2D eigenvalue weighted by Gasteiger charge is 2.56. The van der Waals surface area contributed by atoms with Gasteiger partial charge in [0.05, 0.1) is 18.9 Å². The molecule has 1 amide bonds. The van der Waals surface area contributed by atoms with Gasteiger partial charge in [0.2, 0.25) is 12.4 Å². The quantitative estimate of drug-likeness (QED) is 0.133. The highest BCUT2D eigenvalue weighted by atomic mass is 16.7. The van der Waals surface area contributed by atoms with E-state index in [1.54, 1.807) is 13.0 Å². The summed E-state index contributed by atoms with van der Waals surface area (Å²) in [5.74, 6) is -3.42. The van der Waals surface area contributed by atoms with Crippen molar-refractivity contribution in [3.63, 3.8) is 0 Å². The second-order valence-electron chi connectivity index (χ2n) is 10.9. The molecule has 1 aliphatic rings. The van der Waals surface area contributed by atoms with Crippen molar-refractivity contribution < 1.29 is 61.9 Å². The van der Waals surface area contributed by atoms with Crippen LogP contribution in [0.3, 0.4) is 0 Å². The van der Waals surface area contributed by atoms with Crippen molar-refractivity contribution in [3.8, 4) is 5.75 Å². The molecule has 15 nitrogen and oxygen atoms in total. The van der Waals surface area contributed by atoms with Crippen molar-refractivity contribution in [2.45, 2.75) is 84.5 Å². The molecule has 2 aromatic carbocycles. The molecule has 0 spiro atoms. The minimum atomic E-state index is -1.63. The summed E-state index contributed by atoms with van der Waals surface area (Å²) in [4.78, 5) is 62.8. The Labute approximate surface area is 278 Å². The van der Waals surface area contributed by atoms with E-state index in [4.69, 9.17) is 43.6 Å². The average molecular weight is 675 g/mol. The molecule has 0 aliphatic carbocycles. The molecule has 0 aromatic heterocycles. The van der Waals surface area contributed by atoms with Crippen molar-refractivity contribution in [1.82, 2.24) is 4.90 Å². The Bertz CT molecular complexity index is 1420. The van der Waals surface area contributed by atoms with Crippen LogP contribution in [-0.4, -0.2) is 92.1 Å². The van der Waals surface area contributed by atoms with Crippen LogP contribution < -0.4 is 10.5 Å². The van der Waals surface area contributed by atoms with Crippen LogP contribution in [0, 0.1) is 0 Å². The number of nitrogen functional groups attached to an aromatic ring is 1. The van der Waals surface area contributed by atoms with E-state index in [0.717, 1.165) is 33.4 Å². The first kappa shape index (κ1) is 37.6. The second kappa shape index (κ2) is 17.9. The Morgan fingerprint density at radius 1 is 0.875 bits per heavy atom. The van der Waals surface area contributed by atoms with Gasteiger partial charge in [-0.25, -0.2) is 9.59 Å². The van der Waals surface area contributed by atoms with Gasteiger partial charge < -0.3 is 43.6 Å². The predicted octanol–water partition coefficient (Wildman–Crippen LogP) is 2.90. The van der Waals surface area contributed by atoms with Gasteiger partial charge in [0.1, 0.15) is 19.1 Å². The molecule has 1 fully saturated rings. The van der Waals surface area contributed by atoms with Crippen LogP contribution in [-0.2, 0) is 65.4 Å². The number of hydrogen-bond donors (Lipinski definition) is 1. The van der Waals surface area contributed by atoms with E-state index >= 15 is 0 Å². The molecule has 1 aliphatic heterocycles. The van der Waals surface area contributed by atoms with E-state index in [2.05, 4.69) is 0 Å². The third-order valence-corrected chi connectivity index (χ3v) is 7.04. The van der Waals surface area contributed by atoms with Crippen LogP contribution in [0.4, 0.5) is 10.5 Å². The molecule has 15 heteroatoms. The number of carbonyl (C=O) groups is 5. The lowest BCUT2D eigenvalue weighted by molar-refractivity contribution is -0.282. The molecule has 262 valence electrons. The lowest BCUT2D eigenvalue weighted by atomic mass is 9.97. The highest BCUT2D eigenvalue weighted by Crippen LogP contribution is 2.33. The van der Waals surface area contributed by atoms with Gasteiger partial charge in [-0.05, 0) is 43.5 Å². The topological polar surface area (TPSA) is 188 Å². The number of nitrogens with zero attached hydrogens (tertiary/aromatic N) is 1. The molecule has 3 rings (SSSR count). The molecule has 4 unspecified atom stereocenters. The number of anilines is 1. The van der Waals surface area contributed by atoms with E-state index in [0.29, 0.717) is 18.5 Å². The Balaban J connectivity index is 1.71. The third kappa shape index (κ3) is 10.8. The Kier molecular flexibility index (Phi) is 14.0. The number of ether oxygens (including phenoxy) is 8. The molecule has 1 heterocycles. The monoisotopic (exact) mass is 674 g/mol. The van der Waals surface area contributed by atoms with Crippen molar-refractivity contribution in [2.75, 3.05) is 26.1 Å². The number of carbonyl (C=O) groups excluding carboxylic acids is 5. The molecule has 6 atom stereocenters. The summed E-state index contributed by atoms with van der Waals surface area (Å²) < 4.78 is 43.8. The second-order valence-corrected chi connectivity index (χ2v) is 10.9. The van der Waals surface area contributed by atoms with Gasteiger partial charge in [-0.15, -0.1) is 0 Å². The lowest BCUT2D eigenvalue weighted by Gasteiger charge is -2.43. The summed E-state index contributed by atoms with van der Waals surface area (Å²) in [6.07, 6.45) is -7.81. The first-order valence-corrected chi connectivity index (χ1v) is 15.2. The zero-order chi connectivity index (χ0) is 35.4. The van der Waals surface area contributed by atoms with Crippen molar-refractivity contribution in [2.24, 2.45) is 0 Å². The Hall–Kier alpha value is -4.89. The number of rotatable bonds is 14. The number of hydrogen-bond acceptors (Lipinski definition) is 14. The molecular weight excluding hydrogens is 632 g/mol. The van der Waals surface area contributed by atoms with Crippen molar-refractivity contribution in [1.29, 1.82) is 0 Å². The molecule has 0 bridgehead atoms. The van der Waals surface area contributed by atoms with Crippen molar-refractivity contribution in [3.05, 3.63) is 59.7 Å². The summed E-state index contributed by atoms with van der Waals surface area (Å²) >= 11 is 0. The maximum atomic E-state index is 12.8. The largest absolute Gasteiger partial charge is 0.467 e. The maximum absolute atomic E-state index is 12.8. The molecule has 1 saturated heterocycles. The predicted molar refractivity (Wildman–Crippen MR) is 167 cm³/mol. The van der Waals surface area contributed by atoms with E-state index < -0.39 is 60.7 Å². The normalized spacial score (nSPS) is 20.8. The first-order chi connectivity index (χ1) is 22.8. The molecule has 0 saturated carbocycles. The fraction of sp³-hybridized carbons (Fsp3) is 0.485. The van der Waals surface area contributed by atoms with Crippen LogP contribution in [0.2, 0.25) is 0 Å². The van der Waals surface area contributed by atoms with Crippen LogP contribution in [0.25, 0.3) is 0 Å². The van der Waals surface area contributed by atoms with Gasteiger partial charge in [-0.2, -0.15) is 0 Å². The zero-order valence-corrected chi connectivity index (χ0v) is 27.7. The summed E-state index contributed by atoms with van der Waals surface area (Å²) in [5, 5.41) is 0. The van der Waals surface area contributed by atoms with Gasteiger partial charge in [0.25, 0.3) is 0 Å². The average Bonchev–Trinajstić information content (AvgIpc) is 3.03. The molecule has 2 aromatic rings. The number of esters is 4. The van der Waals surface area contributed by atoms with Crippen LogP contribution in [0.15, 0.2) is 48.5 Å². The van der Waals surface area contributed by atoms with Gasteiger partial charge in [-0.3, -0.25) is 19.3 Å². The summed E-state index contributed by atoms with van der Waals surface area (Å²) in [6, 6.07) is 14.4. The number of benzene rings is 2. The van der Waals surface area contributed by atoms with E-state index in [1.165, 1.54) is 17.0 Å². The standard InChI is InChI=1S/C33H42N2O13/c1-7-35(18-43-19(2)15-23-11-9-8-10-12-23)33(40)42-17-24-13-14-26(25(34)16-24)47-32-30(46-22(5)38)28(45-21(4)37)27(44-20(3)36)29(48-32)31(39)41-6/h8-14,16,19,27-30,32H,7,15,17-18,34H2,1-6H3/t19?,27?,28-,29?,30?,32+/m0/s1. The minimum absolute atomic E-state index is 0.0272. The van der Waals surface area contributed by atoms with E-state index in [9.17, 15) is 24.0 Å². The van der Waals surface area contributed by atoms with E-state index in [1.807, 2.05) is 37.3 Å². The molecule has 48 heavy (non-hydrogen) atoms. The van der Waals surface area contributed by atoms with Crippen molar-refractivity contribution >= 4 is 35.7 Å². The Morgan fingerprint density at radius 2 is 1.50 bits per heavy atom. The number of methoxy groups -OCH3 is 1. The third-order valence-electron chi connectivity index (χ3n) is 7.04. The zero-order valence-electron chi connectivity index (χ0n) is 27.7. The summed E-state index contributed by atoms with van der Waals surface area (Å²) in [6.45, 7) is 7.25. The molecular formula is C33H42N2O13. The van der Waals surface area contributed by atoms with Gasteiger partial charge in [-0.1, -0.05) is 36.4 Å². The molecule has 0 radical (unpaired) electrons. The lowest BCUT2D eigenvalue weighted by Crippen LogP contribution is -2.64. The summed E-state index contributed by atoms with van der Waals surface area (Å²) in [5.41, 5.74) is 7.95. The SMILES string of the molecule is CCN(COC(C)Cc1ccccc1)C(=O)OCc1ccc(O[C@@H]2OC(C(=O)OC)C(OC(C)=O)[C@H](OC(C)=O)C2OC(C)=O)c(N)c1. The van der Waals surface area contributed by atoms with Crippen LogP contribution >= 0.6 is 0 Å². The van der Waals surface area contributed by atoms with Crippen LogP contribution in [0.5, 0.6) is 5.75 Å². The first-order valence-electron chi connectivity index (χ1n) is 15.2.